The first-order chi connectivity index (χ1) is 8.34. The zero-order valence-electron chi connectivity index (χ0n) is 11.5. The summed E-state index contributed by atoms with van der Waals surface area (Å²) in [6.45, 7) is 9.53. The number of carbonyl (C=O) groups is 1. The molecule has 0 bridgehead atoms. The SMILES string of the molecule is Cc1ccccc1C(=O)OOOC(C)(C)C(C)C. The topological polar surface area (TPSA) is 44.8 Å². The van der Waals surface area contributed by atoms with Crippen LogP contribution in [0.5, 0.6) is 0 Å². The molecule has 0 saturated carbocycles. The highest BCUT2D eigenvalue weighted by Crippen LogP contribution is 2.21. The summed E-state index contributed by atoms with van der Waals surface area (Å²) >= 11 is 0. The molecule has 0 aromatic heterocycles. The van der Waals surface area contributed by atoms with E-state index in [1.807, 2.05) is 46.8 Å². The van der Waals surface area contributed by atoms with Crippen molar-refractivity contribution in [2.45, 2.75) is 40.2 Å². The Balaban J connectivity index is 2.51. The van der Waals surface area contributed by atoms with Crippen molar-refractivity contribution in [2.75, 3.05) is 0 Å². The Morgan fingerprint density at radius 3 is 2.39 bits per heavy atom. The second-order valence-corrected chi connectivity index (χ2v) is 5.10. The van der Waals surface area contributed by atoms with E-state index in [1.54, 1.807) is 12.1 Å². The van der Waals surface area contributed by atoms with Crippen molar-refractivity contribution in [1.29, 1.82) is 0 Å². The fraction of sp³-hybridized carbons (Fsp3) is 0.500. The van der Waals surface area contributed by atoms with Crippen LogP contribution in [0.25, 0.3) is 0 Å². The minimum atomic E-state index is -0.562. The normalized spacial score (nSPS) is 11.7. The molecule has 0 radical (unpaired) electrons. The molecule has 18 heavy (non-hydrogen) atoms. The van der Waals surface area contributed by atoms with Gasteiger partial charge in [0, 0.05) is 0 Å². The van der Waals surface area contributed by atoms with Crippen LogP contribution in [0.2, 0.25) is 0 Å². The molecule has 4 nitrogen and oxygen atoms in total. The molecule has 0 saturated heterocycles. The molecular formula is C14H20O4. The van der Waals surface area contributed by atoms with Crippen LogP contribution in [0.4, 0.5) is 0 Å². The van der Waals surface area contributed by atoms with Crippen LogP contribution in [0, 0.1) is 12.8 Å². The summed E-state index contributed by atoms with van der Waals surface area (Å²) in [4.78, 5) is 21.4. The van der Waals surface area contributed by atoms with Crippen LogP contribution >= 0.6 is 0 Å². The quantitative estimate of drug-likeness (QED) is 0.594. The van der Waals surface area contributed by atoms with Gasteiger partial charge in [0.2, 0.25) is 0 Å². The van der Waals surface area contributed by atoms with Gasteiger partial charge in [-0.15, -0.1) is 0 Å². The lowest BCUT2D eigenvalue weighted by atomic mass is 9.95. The van der Waals surface area contributed by atoms with E-state index in [9.17, 15) is 4.79 Å². The highest BCUT2D eigenvalue weighted by atomic mass is 17.5. The smallest absolute Gasteiger partial charge is 0.263 e. The molecule has 0 spiro atoms. The van der Waals surface area contributed by atoms with Crippen LogP contribution < -0.4 is 0 Å². The van der Waals surface area contributed by atoms with Gasteiger partial charge in [0.1, 0.15) is 5.60 Å². The average molecular weight is 252 g/mol. The lowest BCUT2D eigenvalue weighted by Gasteiger charge is -2.25. The van der Waals surface area contributed by atoms with Gasteiger partial charge in [-0.2, -0.15) is 4.89 Å². The monoisotopic (exact) mass is 252 g/mol. The minimum Gasteiger partial charge on any atom is -0.263 e. The third-order valence-electron chi connectivity index (χ3n) is 3.11. The predicted octanol–water partition coefficient (Wildman–Crippen LogP) is 3.45. The maximum absolute atomic E-state index is 11.7. The zero-order valence-corrected chi connectivity index (χ0v) is 11.5. The first-order valence-corrected chi connectivity index (χ1v) is 5.97. The molecule has 100 valence electrons. The summed E-state index contributed by atoms with van der Waals surface area (Å²) in [5.41, 5.74) is 0.768. The van der Waals surface area contributed by atoms with E-state index in [0.29, 0.717) is 5.56 Å². The summed E-state index contributed by atoms with van der Waals surface area (Å²) in [6.07, 6.45) is 0. The van der Waals surface area contributed by atoms with Gasteiger partial charge < -0.3 is 0 Å². The van der Waals surface area contributed by atoms with Gasteiger partial charge in [-0.1, -0.05) is 32.0 Å². The number of rotatable bonds is 5. The highest BCUT2D eigenvalue weighted by Gasteiger charge is 2.26. The fourth-order valence-electron chi connectivity index (χ4n) is 1.08. The van der Waals surface area contributed by atoms with E-state index >= 15 is 0 Å². The standard InChI is InChI=1S/C14H20O4/c1-10(2)14(4,5)17-18-16-13(15)12-9-7-6-8-11(12)3/h6-10H,1-5H3. The summed E-state index contributed by atoms with van der Waals surface area (Å²) < 4.78 is 0. The van der Waals surface area contributed by atoms with E-state index in [4.69, 9.17) is 4.89 Å². The molecule has 0 aliphatic rings. The molecule has 1 rings (SSSR count). The van der Waals surface area contributed by atoms with Crippen LogP contribution in [0.15, 0.2) is 24.3 Å². The molecule has 0 amide bonds. The summed E-state index contributed by atoms with van der Waals surface area (Å²) in [7, 11) is 0. The maximum atomic E-state index is 11.7. The van der Waals surface area contributed by atoms with Crippen LogP contribution in [-0.2, 0) is 14.8 Å². The Morgan fingerprint density at radius 1 is 1.22 bits per heavy atom. The number of hydrogen-bond acceptors (Lipinski definition) is 4. The number of carbonyl (C=O) groups excluding carboxylic acids is 1. The fourth-order valence-corrected chi connectivity index (χ4v) is 1.08. The zero-order chi connectivity index (χ0) is 13.8. The molecule has 0 aliphatic heterocycles. The van der Waals surface area contributed by atoms with Crippen molar-refractivity contribution in [3.8, 4) is 0 Å². The molecule has 1 aromatic rings. The van der Waals surface area contributed by atoms with Crippen LogP contribution in [-0.4, -0.2) is 11.6 Å². The van der Waals surface area contributed by atoms with E-state index in [1.165, 1.54) is 0 Å². The number of aryl methyl sites for hydroxylation is 1. The van der Waals surface area contributed by atoms with Crippen molar-refractivity contribution in [2.24, 2.45) is 5.92 Å². The Morgan fingerprint density at radius 2 is 1.83 bits per heavy atom. The van der Waals surface area contributed by atoms with Crippen molar-refractivity contribution in [3.63, 3.8) is 0 Å². The Bertz CT molecular complexity index is 410. The number of hydrogen-bond donors (Lipinski definition) is 0. The molecule has 4 heteroatoms. The lowest BCUT2D eigenvalue weighted by Crippen LogP contribution is -2.31. The van der Waals surface area contributed by atoms with Gasteiger partial charge in [0.05, 0.1) is 5.56 Å². The Kier molecular flexibility index (Phi) is 4.87. The first kappa shape index (κ1) is 14.7. The molecular weight excluding hydrogens is 232 g/mol. The van der Waals surface area contributed by atoms with E-state index in [2.05, 4.69) is 9.93 Å². The predicted molar refractivity (Wildman–Crippen MR) is 67.7 cm³/mol. The van der Waals surface area contributed by atoms with Gasteiger partial charge >= 0.3 is 5.97 Å². The summed E-state index contributed by atoms with van der Waals surface area (Å²) in [5.74, 6) is -0.331. The molecule has 0 heterocycles. The average Bonchev–Trinajstić information content (AvgIpc) is 2.29. The largest absolute Gasteiger partial charge is 0.376 e. The molecule has 1 aromatic carbocycles. The number of benzene rings is 1. The van der Waals surface area contributed by atoms with Gasteiger partial charge in [-0.05, 0) is 43.4 Å². The Hall–Kier alpha value is -1.39. The van der Waals surface area contributed by atoms with Gasteiger partial charge in [-0.25, -0.2) is 4.79 Å². The highest BCUT2D eigenvalue weighted by molar-refractivity contribution is 5.90. The van der Waals surface area contributed by atoms with Crippen molar-refractivity contribution < 1.29 is 19.6 Å². The first-order valence-electron chi connectivity index (χ1n) is 5.97. The maximum Gasteiger partial charge on any atom is 0.376 e. The second-order valence-electron chi connectivity index (χ2n) is 5.10. The van der Waals surface area contributed by atoms with Gasteiger partial charge in [-0.3, -0.25) is 4.89 Å². The third kappa shape index (κ3) is 3.82. The summed E-state index contributed by atoms with van der Waals surface area (Å²) in [5, 5.41) is 4.58. The molecule has 0 N–H and O–H groups in total. The molecule has 0 fully saturated rings. The van der Waals surface area contributed by atoms with Crippen molar-refractivity contribution >= 4 is 5.97 Å². The Labute approximate surface area is 108 Å². The molecule has 0 atom stereocenters. The van der Waals surface area contributed by atoms with Crippen molar-refractivity contribution in [1.82, 2.24) is 0 Å². The minimum absolute atomic E-state index is 0.231. The van der Waals surface area contributed by atoms with E-state index in [-0.39, 0.29) is 5.92 Å². The van der Waals surface area contributed by atoms with Crippen LogP contribution in [0.1, 0.15) is 43.6 Å². The van der Waals surface area contributed by atoms with E-state index in [0.717, 1.165) is 5.56 Å². The van der Waals surface area contributed by atoms with Crippen LogP contribution in [0.3, 0.4) is 0 Å². The third-order valence-corrected chi connectivity index (χ3v) is 3.11. The lowest BCUT2D eigenvalue weighted by molar-refractivity contribution is -0.516. The van der Waals surface area contributed by atoms with E-state index < -0.39 is 11.6 Å². The second kappa shape index (κ2) is 5.98. The molecule has 0 unspecified atom stereocenters. The molecule has 0 aliphatic carbocycles. The van der Waals surface area contributed by atoms with Crippen molar-refractivity contribution in [3.05, 3.63) is 35.4 Å². The van der Waals surface area contributed by atoms with Gasteiger partial charge in [0.15, 0.2) is 0 Å². The summed E-state index contributed by atoms with van der Waals surface area (Å²) in [6, 6.07) is 7.12. The van der Waals surface area contributed by atoms with Gasteiger partial charge in [0.25, 0.3) is 0 Å².